The van der Waals surface area contributed by atoms with Gasteiger partial charge in [0.15, 0.2) is 0 Å². The second kappa shape index (κ2) is 9.76. The van der Waals surface area contributed by atoms with E-state index < -0.39 is 29.8 Å². The van der Waals surface area contributed by atoms with Gasteiger partial charge in [-0.15, -0.1) is 0 Å². The second-order valence-corrected chi connectivity index (χ2v) is 3.84. The molecule has 0 rings (SSSR count). The summed E-state index contributed by atoms with van der Waals surface area (Å²) in [5.74, 6) is -2.56. The van der Waals surface area contributed by atoms with Gasteiger partial charge in [-0.1, -0.05) is 0 Å². The quantitative estimate of drug-likeness (QED) is 0.538. The number of carbonyl (C=O) groups is 4. The zero-order valence-electron chi connectivity index (χ0n) is 11.6. The molecule has 0 heterocycles. The average molecular weight is 288 g/mol. The van der Waals surface area contributed by atoms with E-state index in [-0.39, 0.29) is 32.5 Å². The Balaban J connectivity index is 4.24. The molecule has 0 aromatic heterocycles. The number of primary amides is 1. The number of esters is 2. The minimum atomic E-state index is -1.15. The van der Waals surface area contributed by atoms with E-state index in [0.29, 0.717) is 0 Å². The Kier molecular flexibility index (Phi) is 8.73. The lowest BCUT2D eigenvalue weighted by molar-refractivity contribution is -0.146. The highest BCUT2D eigenvalue weighted by Gasteiger charge is 2.22. The number of nitrogens with two attached hydrogens (primary N) is 1. The van der Waals surface area contributed by atoms with Gasteiger partial charge < -0.3 is 20.5 Å². The van der Waals surface area contributed by atoms with Crippen LogP contribution in [0.4, 0.5) is 0 Å². The van der Waals surface area contributed by atoms with Gasteiger partial charge in [-0.2, -0.15) is 0 Å². The van der Waals surface area contributed by atoms with Gasteiger partial charge in [-0.05, 0) is 13.8 Å². The smallest absolute Gasteiger partial charge is 0.308 e. The van der Waals surface area contributed by atoms with Gasteiger partial charge in [-0.25, -0.2) is 0 Å². The van der Waals surface area contributed by atoms with E-state index in [1.807, 2.05) is 0 Å². The van der Waals surface area contributed by atoms with E-state index in [4.69, 9.17) is 5.73 Å². The molecule has 8 heteroatoms. The molecule has 0 saturated heterocycles. The molecule has 0 unspecified atom stereocenters. The van der Waals surface area contributed by atoms with Gasteiger partial charge in [0.2, 0.25) is 11.8 Å². The minimum absolute atomic E-state index is 0.107. The van der Waals surface area contributed by atoms with Crippen LogP contribution in [0.1, 0.15) is 33.1 Å². The van der Waals surface area contributed by atoms with Crippen molar-refractivity contribution in [1.82, 2.24) is 5.32 Å². The summed E-state index contributed by atoms with van der Waals surface area (Å²) in [4.78, 5) is 44.9. The molecule has 0 aliphatic carbocycles. The Bertz CT molecular complexity index is 369. The number of carbonyl (C=O) groups excluding carboxylic acids is 4. The number of nitrogens with one attached hydrogen (secondary N) is 1. The second-order valence-electron chi connectivity index (χ2n) is 3.84. The third kappa shape index (κ3) is 8.06. The molecule has 20 heavy (non-hydrogen) atoms. The standard InChI is InChI=1S/C12H20N2O6/c1-3-19-10(16)6-5-9(15)14-8(12(13)18)7-11(17)20-4-2/h8H,3-7H2,1-2H3,(H2,13,18)(H,14,15)/t8-/m1/s1. The number of amides is 2. The third-order valence-corrected chi connectivity index (χ3v) is 2.22. The van der Waals surface area contributed by atoms with Gasteiger partial charge in [0.05, 0.1) is 26.1 Å². The number of rotatable bonds is 9. The van der Waals surface area contributed by atoms with E-state index in [1.54, 1.807) is 13.8 Å². The molecular formula is C12H20N2O6. The lowest BCUT2D eigenvalue weighted by Crippen LogP contribution is -2.46. The first-order valence-corrected chi connectivity index (χ1v) is 6.30. The molecule has 0 bridgehead atoms. The van der Waals surface area contributed by atoms with E-state index in [2.05, 4.69) is 14.8 Å². The Hall–Kier alpha value is -2.12. The fourth-order valence-electron chi connectivity index (χ4n) is 1.32. The maximum atomic E-state index is 11.5. The van der Waals surface area contributed by atoms with Crippen molar-refractivity contribution in [3.63, 3.8) is 0 Å². The van der Waals surface area contributed by atoms with Crippen LogP contribution in [0.5, 0.6) is 0 Å². The normalized spacial score (nSPS) is 11.3. The SMILES string of the molecule is CCOC(=O)CCC(=O)N[C@H](CC(=O)OCC)C(N)=O. The van der Waals surface area contributed by atoms with Crippen molar-refractivity contribution in [1.29, 1.82) is 0 Å². The van der Waals surface area contributed by atoms with Crippen molar-refractivity contribution < 1.29 is 28.7 Å². The molecule has 0 aliphatic rings. The van der Waals surface area contributed by atoms with Crippen molar-refractivity contribution in [3.8, 4) is 0 Å². The number of ether oxygens (including phenoxy) is 2. The van der Waals surface area contributed by atoms with E-state index in [9.17, 15) is 19.2 Å². The Morgan fingerprint density at radius 1 is 1.00 bits per heavy atom. The first kappa shape index (κ1) is 17.9. The fraction of sp³-hybridized carbons (Fsp3) is 0.667. The first-order valence-electron chi connectivity index (χ1n) is 6.30. The summed E-state index contributed by atoms with van der Waals surface area (Å²) in [5.41, 5.74) is 5.08. The molecule has 0 saturated carbocycles. The van der Waals surface area contributed by atoms with Crippen LogP contribution in [-0.4, -0.2) is 43.0 Å². The summed E-state index contributed by atoms with van der Waals surface area (Å²) in [6, 6.07) is -1.15. The molecule has 1 atom stereocenters. The molecule has 3 N–H and O–H groups in total. The lowest BCUT2D eigenvalue weighted by Gasteiger charge is -2.14. The monoisotopic (exact) mass is 288 g/mol. The molecule has 0 spiro atoms. The summed E-state index contributed by atoms with van der Waals surface area (Å²) < 4.78 is 9.32. The Labute approximate surface area is 117 Å². The summed E-state index contributed by atoms with van der Waals surface area (Å²) in [6.45, 7) is 3.67. The van der Waals surface area contributed by atoms with Crippen LogP contribution in [0.3, 0.4) is 0 Å². The van der Waals surface area contributed by atoms with Crippen LogP contribution in [0.15, 0.2) is 0 Å². The van der Waals surface area contributed by atoms with Crippen LogP contribution in [0.2, 0.25) is 0 Å². The summed E-state index contributed by atoms with van der Waals surface area (Å²) in [6.07, 6.45) is -0.593. The fourth-order valence-corrected chi connectivity index (χ4v) is 1.32. The molecule has 2 amide bonds. The molecule has 0 radical (unpaired) electrons. The largest absolute Gasteiger partial charge is 0.466 e. The minimum Gasteiger partial charge on any atom is -0.466 e. The molecule has 8 nitrogen and oxygen atoms in total. The zero-order valence-corrected chi connectivity index (χ0v) is 11.6. The van der Waals surface area contributed by atoms with E-state index >= 15 is 0 Å². The summed E-state index contributed by atoms with van der Waals surface area (Å²) in [7, 11) is 0. The van der Waals surface area contributed by atoms with Gasteiger partial charge in [0, 0.05) is 6.42 Å². The zero-order chi connectivity index (χ0) is 15.5. The predicted octanol–water partition coefficient (Wildman–Crippen LogP) is -0.747. The predicted molar refractivity (Wildman–Crippen MR) is 68.2 cm³/mol. The highest BCUT2D eigenvalue weighted by molar-refractivity contribution is 5.90. The van der Waals surface area contributed by atoms with E-state index in [0.717, 1.165) is 0 Å². The van der Waals surface area contributed by atoms with Crippen LogP contribution in [0, 0.1) is 0 Å². The first-order chi connectivity index (χ1) is 9.40. The van der Waals surface area contributed by atoms with Crippen molar-refractivity contribution in [2.45, 2.75) is 39.2 Å². The number of hydrogen-bond donors (Lipinski definition) is 2. The average Bonchev–Trinajstić information content (AvgIpc) is 2.36. The third-order valence-electron chi connectivity index (χ3n) is 2.22. The molecule has 0 aromatic rings. The van der Waals surface area contributed by atoms with Crippen LogP contribution < -0.4 is 11.1 Å². The van der Waals surface area contributed by atoms with Gasteiger partial charge >= 0.3 is 11.9 Å². The highest BCUT2D eigenvalue weighted by atomic mass is 16.5. The summed E-state index contributed by atoms with van der Waals surface area (Å²) in [5, 5.41) is 2.28. The topological polar surface area (TPSA) is 125 Å². The molecule has 114 valence electrons. The van der Waals surface area contributed by atoms with Gasteiger partial charge in [0.1, 0.15) is 6.04 Å². The van der Waals surface area contributed by atoms with Crippen LogP contribution >= 0.6 is 0 Å². The molecular weight excluding hydrogens is 268 g/mol. The lowest BCUT2D eigenvalue weighted by atomic mass is 10.2. The van der Waals surface area contributed by atoms with Crippen LogP contribution in [-0.2, 0) is 28.7 Å². The Morgan fingerprint density at radius 2 is 1.55 bits per heavy atom. The molecule has 0 aromatic carbocycles. The van der Waals surface area contributed by atoms with Crippen molar-refractivity contribution in [3.05, 3.63) is 0 Å². The number of hydrogen-bond acceptors (Lipinski definition) is 6. The molecule has 0 aliphatic heterocycles. The van der Waals surface area contributed by atoms with Gasteiger partial charge in [-0.3, -0.25) is 19.2 Å². The van der Waals surface area contributed by atoms with Crippen LogP contribution in [0.25, 0.3) is 0 Å². The highest BCUT2D eigenvalue weighted by Crippen LogP contribution is 1.98. The van der Waals surface area contributed by atoms with Crippen molar-refractivity contribution in [2.24, 2.45) is 5.73 Å². The van der Waals surface area contributed by atoms with E-state index in [1.165, 1.54) is 0 Å². The van der Waals surface area contributed by atoms with Gasteiger partial charge in [0.25, 0.3) is 0 Å². The Morgan fingerprint density at radius 3 is 2.05 bits per heavy atom. The maximum Gasteiger partial charge on any atom is 0.308 e. The van der Waals surface area contributed by atoms with Crippen molar-refractivity contribution >= 4 is 23.8 Å². The van der Waals surface area contributed by atoms with Crippen molar-refractivity contribution in [2.75, 3.05) is 13.2 Å². The summed E-state index contributed by atoms with van der Waals surface area (Å²) >= 11 is 0. The molecule has 0 fully saturated rings. The maximum absolute atomic E-state index is 11.5.